The SMILES string of the molecule is O=[C]c1ccccc1[N+](=O)[O-]. The van der Waals surface area contributed by atoms with E-state index < -0.39 is 4.92 Å². The van der Waals surface area contributed by atoms with Crippen LogP contribution >= 0.6 is 0 Å². The van der Waals surface area contributed by atoms with Gasteiger partial charge in [-0.1, -0.05) is 12.1 Å². The molecule has 0 aliphatic rings. The Labute approximate surface area is 62.6 Å². The number of nitro benzene ring substituents is 1. The third kappa shape index (κ3) is 1.40. The summed E-state index contributed by atoms with van der Waals surface area (Å²) < 4.78 is 0. The van der Waals surface area contributed by atoms with Crippen LogP contribution in [0, 0.1) is 10.1 Å². The second kappa shape index (κ2) is 2.92. The van der Waals surface area contributed by atoms with Gasteiger partial charge in [0.2, 0.25) is 6.29 Å². The van der Waals surface area contributed by atoms with E-state index in [2.05, 4.69) is 0 Å². The number of nitrogens with zero attached hydrogens (tertiary/aromatic N) is 1. The highest BCUT2D eigenvalue weighted by atomic mass is 16.6. The molecule has 0 saturated heterocycles. The van der Waals surface area contributed by atoms with Crippen LogP contribution in [0.2, 0.25) is 0 Å². The van der Waals surface area contributed by atoms with Crippen LogP contribution in [-0.2, 0) is 4.79 Å². The molecule has 0 aromatic heterocycles. The van der Waals surface area contributed by atoms with Crippen molar-refractivity contribution < 1.29 is 9.72 Å². The van der Waals surface area contributed by atoms with Crippen molar-refractivity contribution in [3.63, 3.8) is 0 Å². The third-order valence-electron chi connectivity index (χ3n) is 1.21. The maximum atomic E-state index is 10.2. The molecule has 1 aromatic carbocycles. The van der Waals surface area contributed by atoms with Crippen LogP contribution in [0.15, 0.2) is 24.3 Å². The number of hydrogen-bond acceptors (Lipinski definition) is 3. The molecule has 0 heterocycles. The average molecular weight is 150 g/mol. The minimum atomic E-state index is -0.611. The third-order valence-corrected chi connectivity index (χ3v) is 1.21. The fraction of sp³-hybridized carbons (Fsp3) is 0. The minimum Gasteiger partial charge on any atom is -0.285 e. The lowest BCUT2D eigenvalue weighted by atomic mass is 10.2. The molecule has 0 amide bonds. The molecule has 0 bridgehead atoms. The van der Waals surface area contributed by atoms with Crippen molar-refractivity contribution in [3.05, 3.63) is 39.9 Å². The first-order chi connectivity index (χ1) is 5.25. The topological polar surface area (TPSA) is 60.2 Å². The van der Waals surface area contributed by atoms with Crippen molar-refractivity contribution in [2.75, 3.05) is 0 Å². The van der Waals surface area contributed by atoms with Gasteiger partial charge in [-0.2, -0.15) is 0 Å². The van der Waals surface area contributed by atoms with Crippen LogP contribution in [-0.4, -0.2) is 11.2 Å². The molecule has 55 valence electrons. The second-order valence-electron chi connectivity index (χ2n) is 1.88. The molecule has 0 aliphatic heterocycles. The zero-order valence-electron chi connectivity index (χ0n) is 5.48. The van der Waals surface area contributed by atoms with Gasteiger partial charge in [-0.05, 0) is 6.07 Å². The van der Waals surface area contributed by atoms with Crippen molar-refractivity contribution >= 4 is 12.0 Å². The van der Waals surface area contributed by atoms with E-state index in [4.69, 9.17) is 0 Å². The van der Waals surface area contributed by atoms with Crippen molar-refractivity contribution in [3.8, 4) is 0 Å². The van der Waals surface area contributed by atoms with E-state index in [1.165, 1.54) is 24.5 Å². The maximum Gasteiger partial charge on any atom is 0.280 e. The lowest BCUT2D eigenvalue weighted by Gasteiger charge is -1.91. The Morgan fingerprint density at radius 1 is 1.36 bits per heavy atom. The number of carbonyl (C=O) groups excluding carboxylic acids is 1. The summed E-state index contributed by atoms with van der Waals surface area (Å²) in [6, 6.07) is 5.66. The number of hydrogen-bond donors (Lipinski definition) is 0. The van der Waals surface area contributed by atoms with Crippen LogP contribution in [0.4, 0.5) is 5.69 Å². The Morgan fingerprint density at radius 2 is 2.00 bits per heavy atom. The van der Waals surface area contributed by atoms with Gasteiger partial charge in [-0.15, -0.1) is 0 Å². The van der Waals surface area contributed by atoms with Crippen LogP contribution in [0.3, 0.4) is 0 Å². The highest BCUT2D eigenvalue weighted by Crippen LogP contribution is 2.14. The fourth-order valence-corrected chi connectivity index (χ4v) is 0.719. The zero-order valence-corrected chi connectivity index (χ0v) is 5.48. The van der Waals surface area contributed by atoms with Gasteiger partial charge < -0.3 is 0 Å². The molecule has 0 aliphatic carbocycles. The largest absolute Gasteiger partial charge is 0.285 e. The molecule has 0 N–H and O–H groups in total. The summed E-state index contributed by atoms with van der Waals surface area (Å²) >= 11 is 0. The van der Waals surface area contributed by atoms with Crippen molar-refractivity contribution in [1.82, 2.24) is 0 Å². The van der Waals surface area contributed by atoms with Gasteiger partial charge in [-0.25, -0.2) is 0 Å². The van der Waals surface area contributed by atoms with Gasteiger partial charge in [0, 0.05) is 6.07 Å². The molecule has 1 radical (unpaired) electrons. The molecular weight excluding hydrogens is 146 g/mol. The summed E-state index contributed by atoms with van der Waals surface area (Å²) in [5.74, 6) is 0. The van der Waals surface area contributed by atoms with Crippen molar-refractivity contribution in [2.45, 2.75) is 0 Å². The molecule has 1 rings (SSSR count). The standard InChI is InChI=1S/C7H4NO3/c9-5-6-3-1-2-4-7(6)8(10)11/h1-4H. The molecule has 11 heavy (non-hydrogen) atoms. The Kier molecular flexibility index (Phi) is 1.96. The van der Waals surface area contributed by atoms with E-state index in [1.807, 2.05) is 0 Å². The van der Waals surface area contributed by atoms with Gasteiger partial charge in [0.25, 0.3) is 5.69 Å². The van der Waals surface area contributed by atoms with Gasteiger partial charge in [0.05, 0.1) is 4.92 Å². The average Bonchev–Trinajstić information content (AvgIpc) is 2.04. The predicted octanol–water partition coefficient (Wildman–Crippen LogP) is 1.05. The number of benzene rings is 1. The van der Waals surface area contributed by atoms with Gasteiger partial charge in [-0.3, -0.25) is 14.9 Å². The van der Waals surface area contributed by atoms with Crippen molar-refractivity contribution in [1.29, 1.82) is 0 Å². The van der Waals surface area contributed by atoms with E-state index >= 15 is 0 Å². The summed E-state index contributed by atoms with van der Waals surface area (Å²) in [6.07, 6.45) is 1.49. The first kappa shape index (κ1) is 7.40. The smallest absolute Gasteiger partial charge is 0.280 e. The van der Waals surface area contributed by atoms with E-state index in [0.717, 1.165) is 0 Å². The Morgan fingerprint density at radius 3 is 2.45 bits per heavy atom. The van der Waals surface area contributed by atoms with Gasteiger partial charge >= 0.3 is 0 Å². The Hall–Kier alpha value is -1.71. The molecular formula is C7H4NO3. The molecule has 0 atom stereocenters. The summed E-state index contributed by atoms with van der Waals surface area (Å²) in [5, 5.41) is 10.2. The zero-order chi connectivity index (χ0) is 8.27. The quantitative estimate of drug-likeness (QED) is 0.467. The fourth-order valence-electron chi connectivity index (χ4n) is 0.719. The molecule has 4 nitrogen and oxygen atoms in total. The predicted molar refractivity (Wildman–Crippen MR) is 37.9 cm³/mol. The molecule has 4 heteroatoms. The number of nitro groups is 1. The van der Waals surface area contributed by atoms with E-state index in [9.17, 15) is 14.9 Å². The summed E-state index contributed by atoms with van der Waals surface area (Å²) in [7, 11) is 0. The van der Waals surface area contributed by atoms with E-state index in [0.29, 0.717) is 0 Å². The molecule has 0 spiro atoms. The van der Waals surface area contributed by atoms with Crippen LogP contribution in [0.1, 0.15) is 5.56 Å². The van der Waals surface area contributed by atoms with Gasteiger partial charge in [0.1, 0.15) is 5.56 Å². The van der Waals surface area contributed by atoms with Gasteiger partial charge in [0.15, 0.2) is 0 Å². The van der Waals surface area contributed by atoms with Crippen molar-refractivity contribution in [2.24, 2.45) is 0 Å². The van der Waals surface area contributed by atoms with Crippen LogP contribution in [0.25, 0.3) is 0 Å². The highest BCUT2D eigenvalue weighted by Gasteiger charge is 2.10. The molecule has 0 fully saturated rings. The second-order valence-corrected chi connectivity index (χ2v) is 1.88. The maximum absolute atomic E-state index is 10.2. The summed E-state index contributed by atoms with van der Waals surface area (Å²) in [6.45, 7) is 0. The summed E-state index contributed by atoms with van der Waals surface area (Å²) in [5.41, 5.74) is -0.222. The molecule has 0 unspecified atom stereocenters. The molecule has 0 saturated carbocycles. The van der Waals surface area contributed by atoms with E-state index in [-0.39, 0.29) is 11.3 Å². The normalized spacial score (nSPS) is 9.09. The summed E-state index contributed by atoms with van der Waals surface area (Å²) in [4.78, 5) is 19.7. The Bertz CT molecular complexity index is 295. The first-order valence-electron chi connectivity index (χ1n) is 2.87. The number of para-hydroxylation sites is 1. The lowest BCUT2D eigenvalue weighted by molar-refractivity contribution is -0.385. The monoisotopic (exact) mass is 150 g/mol. The lowest BCUT2D eigenvalue weighted by Crippen LogP contribution is -1.92. The Balaban J connectivity index is 3.22. The molecule has 1 aromatic rings. The van der Waals surface area contributed by atoms with Crippen LogP contribution < -0.4 is 0 Å². The highest BCUT2D eigenvalue weighted by molar-refractivity contribution is 5.81. The van der Waals surface area contributed by atoms with E-state index in [1.54, 1.807) is 6.07 Å². The van der Waals surface area contributed by atoms with Crippen LogP contribution in [0.5, 0.6) is 0 Å². The number of rotatable bonds is 2. The minimum absolute atomic E-state index is 0.0162. The first-order valence-corrected chi connectivity index (χ1v) is 2.87.